The monoisotopic (exact) mass is 339 g/mol. The summed E-state index contributed by atoms with van der Waals surface area (Å²) < 4.78 is 2.49. The van der Waals surface area contributed by atoms with Crippen molar-refractivity contribution in [2.45, 2.75) is 64.8 Å². The number of nitrogens with zero attached hydrogens (tertiary/aromatic N) is 3. The lowest BCUT2D eigenvalue weighted by molar-refractivity contribution is -0.759. The normalized spacial score (nSPS) is 15.5. The fraction of sp³-hybridized carbons (Fsp3) is 0.524. The molecule has 1 aromatic heterocycles. The number of rotatable bonds is 3. The molecule has 1 aromatic carbocycles. The topological polar surface area (TPSA) is 46.0 Å². The molecule has 4 nitrogen and oxygen atoms in total. The second-order valence-electron chi connectivity index (χ2n) is 8.34. The lowest BCUT2D eigenvalue weighted by atomic mass is 9.79. The van der Waals surface area contributed by atoms with E-state index in [4.69, 9.17) is 10.8 Å². The van der Waals surface area contributed by atoms with E-state index in [9.17, 15) is 0 Å². The lowest BCUT2D eigenvalue weighted by Gasteiger charge is -2.34. The third kappa shape index (κ3) is 2.93. The Labute approximate surface area is 151 Å². The summed E-state index contributed by atoms with van der Waals surface area (Å²) in [6.45, 7) is 11.3. The Morgan fingerprint density at radius 2 is 1.92 bits per heavy atom. The quantitative estimate of drug-likeness (QED) is 0.527. The molecular formula is C21H31N4+. The van der Waals surface area contributed by atoms with Crippen molar-refractivity contribution in [2.24, 2.45) is 5.84 Å². The smallest absolute Gasteiger partial charge is 0.231 e. The molecule has 0 amide bonds. The third-order valence-electron chi connectivity index (χ3n) is 5.73. The average Bonchev–Trinajstić information content (AvgIpc) is 2.59. The van der Waals surface area contributed by atoms with Crippen molar-refractivity contribution in [3.63, 3.8) is 0 Å². The van der Waals surface area contributed by atoms with E-state index in [0.29, 0.717) is 0 Å². The maximum absolute atomic E-state index is 5.96. The average molecular weight is 340 g/mol. The Morgan fingerprint density at radius 1 is 1.24 bits per heavy atom. The molecule has 2 aromatic rings. The Balaban J connectivity index is 2.27. The van der Waals surface area contributed by atoms with Gasteiger partial charge in [-0.2, -0.15) is 4.57 Å². The zero-order valence-electron chi connectivity index (χ0n) is 16.4. The zero-order valence-corrected chi connectivity index (χ0v) is 16.4. The van der Waals surface area contributed by atoms with Crippen LogP contribution in [0.3, 0.4) is 0 Å². The molecule has 3 rings (SSSR count). The second-order valence-corrected chi connectivity index (χ2v) is 8.34. The highest BCUT2D eigenvalue weighted by Gasteiger charge is 2.44. The standard InChI is InChI=1S/C21H31N4/c1-7-21(8-2)12-15-9-10-16(24(6)22)11-17(15)18-13-23-19(14-25(18)21)20(3,4)5/h9-11,13-14H,7-8,12,22H2,1-6H3/q+1. The van der Waals surface area contributed by atoms with E-state index in [0.717, 1.165) is 30.6 Å². The fourth-order valence-corrected chi connectivity index (χ4v) is 3.85. The molecule has 0 radical (unpaired) electrons. The van der Waals surface area contributed by atoms with Gasteiger partial charge in [-0.05, 0) is 17.7 Å². The van der Waals surface area contributed by atoms with E-state index in [1.165, 1.54) is 16.8 Å². The molecule has 134 valence electrons. The van der Waals surface area contributed by atoms with Crippen molar-refractivity contribution in [2.75, 3.05) is 12.1 Å². The number of hydrazine groups is 1. The van der Waals surface area contributed by atoms with Gasteiger partial charge in [0.15, 0.2) is 11.7 Å². The molecule has 0 unspecified atom stereocenters. The van der Waals surface area contributed by atoms with Gasteiger partial charge in [0.25, 0.3) is 0 Å². The highest BCUT2D eigenvalue weighted by Crippen LogP contribution is 2.37. The molecule has 0 saturated carbocycles. The predicted octanol–water partition coefficient (Wildman–Crippen LogP) is 3.71. The van der Waals surface area contributed by atoms with Crippen molar-refractivity contribution in [3.05, 3.63) is 41.9 Å². The molecular weight excluding hydrogens is 308 g/mol. The number of aromatic nitrogens is 2. The number of hydrogen-bond acceptors (Lipinski definition) is 3. The molecule has 25 heavy (non-hydrogen) atoms. The van der Waals surface area contributed by atoms with Crippen LogP contribution in [-0.4, -0.2) is 12.0 Å². The van der Waals surface area contributed by atoms with Gasteiger partial charge in [0.1, 0.15) is 5.69 Å². The molecule has 0 atom stereocenters. The van der Waals surface area contributed by atoms with E-state index in [1.807, 2.05) is 7.05 Å². The molecule has 4 heteroatoms. The third-order valence-corrected chi connectivity index (χ3v) is 5.73. The molecule has 0 bridgehead atoms. The Morgan fingerprint density at radius 3 is 2.48 bits per heavy atom. The van der Waals surface area contributed by atoms with Crippen LogP contribution in [0.25, 0.3) is 11.3 Å². The number of anilines is 1. The molecule has 0 aliphatic carbocycles. The van der Waals surface area contributed by atoms with E-state index >= 15 is 0 Å². The van der Waals surface area contributed by atoms with Crippen LogP contribution in [0.2, 0.25) is 0 Å². The van der Waals surface area contributed by atoms with Gasteiger partial charge in [0.2, 0.25) is 5.69 Å². The first-order chi connectivity index (χ1) is 11.7. The van der Waals surface area contributed by atoms with Gasteiger partial charge in [0.05, 0.1) is 17.4 Å². The van der Waals surface area contributed by atoms with Crippen molar-refractivity contribution in [1.29, 1.82) is 0 Å². The maximum Gasteiger partial charge on any atom is 0.231 e. The van der Waals surface area contributed by atoms with Crippen LogP contribution < -0.4 is 15.4 Å². The fourth-order valence-electron chi connectivity index (χ4n) is 3.85. The van der Waals surface area contributed by atoms with Gasteiger partial charge in [-0.3, -0.25) is 0 Å². The van der Waals surface area contributed by atoms with E-state index < -0.39 is 0 Å². The Bertz CT molecular complexity index is 783. The molecule has 1 aliphatic heterocycles. The van der Waals surface area contributed by atoms with Crippen LogP contribution in [0, 0.1) is 0 Å². The van der Waals surface area contributed by atoms with Crippen LogP contribution in [0.4, 0.5) is 5.69 Å². The van der Waals surface area contributed by atoms with Crippen molar-refractivity contribution in [1.82, 2.24) is 4.98 Å². The second kappa shape index (κ2) is 6.10. The minimum Gasteiger partial charge on any atom is -0.314 e. The van der Waals surface area contributed by atoms with E-state index in [-0.39, 0.29) is 11.0 Å². The molecule has 2 heterocycles. The summed E-state index contributed by atoms with van der Waals surface area (Å²) >= 11 is 0. The van der Waals surface area contributed by atoms with Crippen LogP contribution in [0.1, 0.15) is 58.7 Å². The summed E-state index contributed by atoms with van der Waals surface area (Å²) in [6.07, 6.45) is 7.59. The minimum absolute atomic E-state index is 0.0366. The largest absolute Gasteiger partial charge is 0.314 e. The highest BCUT2D eigenvalue weighted by molar-refractivity contribution is 5.68. The predicted molar refractivity (Wildman–Crippen MR) is 103 cm³/mol. The van der Waals surface area contributed by atoms with Crippen LogP contribution in [0.15, 0.2) is 30.6 Å². The maximum atomic E-state index is 5.96. The summed E-state index contributed by atoms with van der Waals surface area (Å²) in [7, 11) is 1.88. The number of benzene rings is 1. The van der Waals surface area contributed by atoms with Gasteiger partial charge < -0.3 is 5.01 Å². The summed E-state index contributed by atoms with van der Waals surface area (Å²) in [5, 5.41) is 1.67. The molecule has 2 N–H and O–H groups in total. The SMILES string of the molecule is CCC1(CC)Cc2ccc(N(C)N)cc2-c2cnc(C(C)(C)C)c[n+]21. The highest BCUT2D eigenvalue weighted by atomic mass is 15.4. The van der Waals surface area contributed by atoms with E-state index in [2.05, 4.69) is 69.8 Å². The minimum atomic E-state index is 0.0366. The summed E-state index contributed by atoms with van der Waals surface area (Å²) in [4.78, 5) is 4.81. The first kappa shape index (κ1) is 17.9. The molecule has 1 aliphatic rings. The molecule has 0 spiro atoms. The summed E-state index contributed by atoms with van der Waals surface area (Å²) in [5.74, 6) is 5.96. The van der Waals surface area contributed by atoms with Gasteiger partial charge in [0, 0.05) is 31.7 Å². The zero-order chi connectivity index (χ0) is 18.4. The van der Waals surface area contributed by atoms with Crippen LogP contribution in [-0.2, 0) is 17.4 Å². The lowest BCUT2D eigenvalue weighted by Crippen LogP contribution is -2.60. The van der Waals surface area contributed by atoms with Crippen molar-refractivity contribution in [3.8, 4) is 11.3 Å². The first-order valence-corrected chi connectivity index (χ1v) is 9.26. The van der Waals surface area contributed by atoms with Gasteiger partial charge >= 0.3 is 0 Å². The van der Waals surface area contributed by atoms with Gasteiger partial charge in [-0.25, -0.2) is 10.8 Å². The van der Waals surface area contributed by atoms with Gasteiger partial charge in [-0.15, -0.1) is 0 Å². The Hall–Kier alpha value is -1.94. The summed E-state index contributed by atoms with van der Waals surface area (Å²) in [6, 6.07) is 6.53. The number of nitrogens with two attached hydrogens (primary N) is 1. The van der Waals surface area contributed by atoms with Crippen LogP contribution in [0.5, 0.6) is 0 Å². The van der Waals surface area contributed by atoms with E-state index in [1.54, 1.807) is 5.01 Å². The Kier molecular flexibility index (Phi) is 4.36. The first-order valence-electron chi connectivity index (χ1n) is 9.26. The van der Waals surface area contributed by atoms with Crippen LogP contribution >= 0.6 is 0 Å². The molecule has 0 saturated heterocycles. The molecule has 0 fully saturated rings. The van der Waals surface area contributed by atoms with Crippen molar-refractivity contribution >= 4 is 5.69 Å². The number of fused-ring (bicyclic) bond motifs is 3. The van der Waals surface area contributed by atoms with Crippen molar-refractivity contribution < 1.29 is 4.57 Å². The summed E-state index contributed by atoms with van der Waals surface area (Å²) in [5.41, 5.74) is 6.14. The van der Waals surface area contributed by atoms with Gasteiger partial charge in [-0.1, -0.05) is 40.7 Å². The number of hydrogen-bond donors (Lipinski definition) is 1.